The van der Waals surface area contributed by atoms with Crippen LogP contribution >= 0.6 is 27.5 Å². The van der Waals surface area contributed by atoms with Crippen LogP contribution in [0.5, 0.6) is 0 Å². The summed E-state index contributed by atoms with van der Waals surface area (Å²) in [4.78, 5) is 14.8. The highest BCUT2D eigenvalue weighted by atomic mass is 79.9. The van der Waals surface area contributed by atoms with Crippen LogP contribution in [0.15, 0.2) is 46.9 Å². The van der Waals surface area contributed by atoms with Crippen molar-refractivity contribution in [2.24, 2.45) is 0 Å². The van der Waals surface area contributed by atoms with Crippen molar-refractivity contribution in [3.8, 4) is 11.4 Å². The second-order valence-corrected chi connectivity index (χ2v) is 8.72. The van der Waals surface area contributed by atoms with Gasteiger partial charge in [-0.15, -0.1) is 0 Å². The lowest BCUT2D eigenvalue weighted by Gasteiger charge is -2.37. The molecule has 1 aromatic heterocycles. The van der Waals surface area contributed by atoms with Crippen LogP contribution in [0.4, 0.5) is 0 Å². The van der Waals surface area contributed by atoms with E-state index in [1.165, 1.54) is 0 Å². The van der Waals surface area contributed by atoms with Gasteiger partial charge in [-0.1, -0.05) is 46.6 Å². The molecule has 1 atom stereocenters. The summed E-state index contributed by atoms with van der Waals surface area (Å²) in [5.41, 5.74) is 3.05. The third-order valence-electron chi connectivity index (χ3n) is 5.47. The maximum absolute atomic E-state index is 6.34. The van der Waals surface area contributed by atoms with E-state index in [9.17, 15) is 0 Å². The average molecular weight is 460 g/mol. The second kappa shape index (κ2) is 8.46. The van der Waals surface area contributed by atoms with Crippen LogP contribution in [0.2, 0.25) is 5.02 Å². The molecule has 0 radical (unpaired) electrons. The largest absolute Gasteiger partial charge is 0.304 e. The van der Waals surface area contributed by atoms with Gasteiger partial charge < -0.3 is 4.90 Å². The van der Waals surface area contributed by atoms with Crippen molar-refractivity contribution in [1.29, 1.82) is 0 Å². The number of aromatic nitrogens is 2. The molecule has 3 aromatic rings. The molecule has 1 fully saturated rings. The molecular formula is C22H24BrClN4. The molecule has 0 saturated carbocycles. The Balaban J connectivity index is 1.84. The first-order valence-electron chi connectivity index (χ1n) is 9.71. The van der Waals surface area contributed by atoms with Gasteiger partial charge in [0.1, 0.15) is 0 Å². The molecule has 146 valence electrons. The van der Waals surface area contributed by atoms with Gasteiger partial charge in [-0.05, 0) is 43.8 Å². The first-order chi connectivity index (χ1) is 13.5. The number of nitrogens with zero attached hydrogens (tertiary/aromatic N) is 4. The van der Waals surface area contributed by atoms with E-state index < -0.39 is 0 Å². The van der Waals surface area contributed by atoms with Crippen LogP contribution < -0.4 is 0 Å². The molecule has 2 heterocycles. The van der Waals surface area contributed by atoms with Crippen molar-refractivity contribution in [2.45, 2.75) is 19.4 Å². The fourth-order valence-corrected chi connectivity index (χ4v) is 4.30. The number of halogens is 2. The van der Waals surface area contributed by atoms with E-state index in [-0.39, 0.29) is 6.04 Å². The normalized spacial score (nSPS) is 17.1. The number of hydrogen-bond acceptors (Lipinski definition) is 4. The number of rotatable bonds is 4. The van der Waals surface area contributed by atoms with Gasteiger partial charge in [-0.2, -0.15) is 0 Å². The van der Waals surface area contributed by atoms with Crippen molar-refractivity contribution < 1.29 is 0 Å². The van der Waals surface area contributed by atoms with Crippen LogP contribution in [0, 0.1) is 0 Å². The Kier molecular flexibility index (Phi) is 5.97. The standard InChI is InChI=1S/C22H24BrClN4/c1-3-20(28-12-10-27(2)11-13-28)21-18-14-17(24)8-9-19(18)25-22(26-21)15-4-6-16(23)7-5-15/h4-9,14,20H,3,10-13H2,1-2H3. The summed E-state index contributed by atoms with van der Waals surface area (Å²) in [6, 6.07) is 14.3. The highest BCUT2D eigenvalue weighted by Crippen LogP contribution is 2.33. The molecule has 4 nitrogen and oxygen atoms in total. The number of hydrogen-bond donors (Lipinski definition) is 0. The quantitative estimate of drug-likeness (QED) is 0.522. The SMILES string of the molecule is CCC(c1nc(-c2ccc(Br)cc2)nc2ccc(Cl)cc12)N1CCN(C)CC1. The molecule has 4 rings (SSSR count). The third kappa shape index (κ3) is 4.08. The first kappa shape index (κ1) is 19.8. The Bertz CT molecular complexity index is 968. The molecule has 1 aliphatic rings. The lowest BCUT2D eigenvalue weighted by Crippen LogP contribution is -2.46. The fourth-order valence-electron chi connectivity index (χ4n) is 3.86. The molecule has 1 aliphatic heterocycles. The van der Waals surface area contributed by atoms with Gasteiger partial charge in [-0.25, -0.2) is 9.97 Å². The number of fused-ring (bicyclic) bond motifs is 1. The van der Waals surface area contributed by atoms with E-state index in [1.807, 2.05) is 30.3 Å². The zero-order valence-corrected chi connectivity index (χ0v) is 18.5. The van der Waals surface area contributed by atoms with E-state index in [4.69, 9.17) is 21.6 Å². The summed E-state index contributed by atoms with van der Waals surface area (Å²) >= 11 is 9.84. The average Bonchev–Trinajstić information content (AvgIpc) is 2.70. The minimum absolute atomic E-state index is 0.256. The van der Waals surface area contributed by atoms with Crippen molar-refractivity contribution in [2.75, 3.05) is 33.2 Å². The van der Waals surface area contributed by atoms with Crippen molar-refractivity contribution >= 4 is 38.4 Å². The summed E-state index contributed by atoms with van der Waals surface area (Å²) in [6.07, 6.45) is 1.00. The van der Waals surface area contributed by atoms with E-state index in [0.717, 1.165) is 70.1 Å². The van der Waals surface area contributed by atoms with Crippen LogP contribution in [0.1, 0.15) is 25.1 Å². The van der Waals surface area contributed by atoms with Gasteiger partial charge >= 0.3 is 0 Å². The predicted octanol–water partition coefficient (Wildman–Crippen LogP) is 5.41. The molecule has 0 amide bonds. The van der Waals surface area contributed by atoms with Crippen LogP contribution in [-0.2, 0) is 0 Å². The molecule has 0 aliphatic carbocycles. The summed E-state index contributed by atoms with van der Waals surface area (Å²) in [6.45, 7) is 6.50. The summed E-state index contributed by atoms with van der Waals surface area (Å²) < 4.78 is 1.05. The summed E-state index contributed by atoms with van der Waals surface area (Å²) in [5, 5.41) is 1.78. The van der Waals surface area contributed by atoms with Gasteiger partial charge in [0, 0.05) is 46.6 Å². The first-order valence-corrected chi connectivity index (χ1v) is 10.9. The van der Waals surface area contributed by atoms with Crippen molar-refractivity contribution in [3.05, 3.63) is 57.7 Å². The Labute approximate surface area is 179 Å². The van der Waals surface area contributed by atoms with Gasteiger partial charge in [0.25, 0.3) is 0 Å². The number of likely N-dealkylation sites (N-methyl/N-ethyl adjacent to an activating group) is 1. The monoisotopic (exact) mass is 458 g/mol. The molecule has 6 heteroatoms. The molecule has 1 unspecified atom stereocenters. The number of piperazine rings is 1. The van der Waals surface area contributed by atoms with Gasteiger partial charge in [0.2, 0.25) is 0 Å². The van der Waals surface area contributed by atoms with E-state index in [0.29, 0.717) is 0 Å². The van der Waals surface area contributed by atoms with Crippen LogP contribution in [0.25, 0.3) is 22.3 Å². The molecule has 0 bridgehead atoms. The highest BCUT2D eigenvalue weighted by Gasteiger charge is 2.26. The van der Waals surface area contributed by atoms with E-state index in [2.05, 4.69) is 51.8 Å². The Morgan fingerprint density at radius 2 is 1.75 bits per heavy atom. The Morgan fingerprint density at radius 3 is 2.43 bits per heavy atom. The van der Waals surface area contributed by atoms with Crippen molar-refractivity contribution in [1.82, 2.24) is 19.8 Å². The lowest BCUT2D eigenvalue weighted by molar-refractivity contribution is 0.108. The predicted molar refractivity (Wildman–Crippen MR) is 120 cm³/mol. The van der Waals surface area contributed by atoms with E-state index in [1.54, 1.807) is 0 Å². The zero-order valence-electron chi connectivity index (χ0n) is 16.2. The molecule has 28 heavy (non-hydrogen) atoms. The fraction of sp³-hybridized carbons (Fsp3) is 0.364. The molecule has 0 spiro atoms. The van der Waals surface area contributed by atoms with Crippen LogP contribution in [0.3, 0.4) is 0 Å². The maximum Gasteiger partial charge on any atom is 0.160 e. The maximum atomic E-state index is 6.34. The highest BCUT2D eigenvalue weighted by molar-refractivity contribution is 9.10. The second-order valence-electron chi connectivity index (χ2n) is 7.36. The molecule has 1 saturated heterocycles. The third-order valence-corrected chi connectivity index (χ3v) is 6.23. The molecule has 2 aromatic carbocycles. The van der Waals surface area contributed by atoms with Gasteiger partial charge in [0.15, 0.2) is 5.82 Å². The van der Waals surface area contributed by atoms with Gasteiger partial charge in [-0.3, -0.25) is 4.90 Å². The summed E-state index contributed by atoms with van der Waals surface area (Å²) in [5.74, 6) is 0.768. The van der Waals surface area contributed by atoms with E-state index >= 15 is 0 Å². The minimum Gasteiger partial charge on any atom is -0.304 e. The lowest BCUT2D eigenvalue weighted by atomic mass is 10.0. The number of benzene rings is 2. The minimum atomic E-state index is 0.256. The summed E-state index contributed by atoms with van der Waals surface area (Å²) in [7, 11) is 2.18. The molecule has 0 N–H and O–H groups in total. The van der Waals surface area contributed by atoms with Crippen molar-refractivity contribution in [3.63, 3.8) is 0 Å². The smallest absolute Gasteiger partial charge is 0.160 e. The topological polar surface area (TPSA) is 32.3 Å². The van der Waals surface area contributed by atoms with Gasteiger partial charge in [0.05, 0.1) is 17.3 Å². The molecular weight excluding hydrogens is 436 g/mol. The van der Waals surface area contributed by atoms with Crippen LogP contribution in [-0.4, -0.2) is 53.0 Å². The zero-order chi connectivity index (χ0) is 19.7. The Morgan fingerprint density at radius 1 is 1.04 bits per heavy atom. The Hall–Kier alpha value is -1.53.